The van der Waals surface area contributed by atoms with Gasteiger partial charge in [-0.25, -0.2) is 0 Å². The number of amides is 1. The van der Waals surface area contributed by atoms with Crippen LogP contribution in [0, 0.1) is 0 Å². The summed E-state index contributed by atoms with van der Waals surface area (Å²) in [6, 6.07) is 5.04. The first kappa shape index (κ1) is 13.3. The zero-order chi connectivity index (χ0) is 12.0. The minimum Gasteiger partial charge on any atom is -0.396 e. The minimum atomic E-state index is -0.105. The molecule has 0 fully saturated rings. The molecule has 0 bridgehead atoms. The first-order valence-electron chi connectivity index (χ1n) is 4.94. The SMILES string of the molecule is O=C(Cc1cc(Cl)cc(Cl)c1)NCCCO. The summed E-state index contributed by atoms with van der Waals surface area (Å²) in [5, 5.41) is 12.3. The molecule has 0 aromatic heterocycles. The molecule has 2 N–H and O–H groups in total. The molecule has 0 radical (unpaired) electrons. The predicted octanol–water partition coefficient (Wildman–Crippen LogP) is 2.03. The Labute approximate surface area is 104 Å². The van der Waals surface area contributed by atoms with Crippen molar-refractivity contribution in [1.82, 2.24) is 5.32 Å². The number of hydrogen-bond donors (Lipinski definition) is 2. The van der Waals surface area contributed by atoms with E-state index in [9.17, 15) is 4.79 Å². The minimum absolute atomic E-state index is 0.0727. The molecule has 0 heterocycles. The molecule has 0 aliphatic heterocycles. The van der Waals surface area contributed by atoms with Crippen LogP contribution in [-0.2, 0) is 11.2 Å². The van der Waals surface area contributed by atoms with E-state index >= 15 is 0 Å². The van der Waals surface area contributed by atoms with Gasteiger partial charge in [-0.2, -0.15) is 0 Å². The summed E-state index contributed by atoms with van der Waals surface area (Å²) < 4.78 is 0. The molecule has 1 aromatic rings. The van der Waals surface area contributed by atoms with E-state index in [4.69, 9.17) is 28.3 Å². The van der Waals surface area contributed by atoms with Gasteiger partial charge in [0.1, 0.15) is 0 Å². The summed E-state index contributed by atoms with van der Waals surface area (Å²) >= 11 is 11.6. The maximum Gasteiger partial charge on any atom is 0.224 e. The third kappa shape index (κ3) is 4.84. The van der Waals surface area contributed by atoms with Crippen molar-refractivity contribution < 1.29 is 9.90 Å². The van der Waals surface area contributed by atoms with Crippen molar-refractivity contribution in [2.75, 3.05) is 13.2 Å². The van der Waals surface area contributed by atoms with E-state index in [-0.39, 0.29) is 18.9 Å². The van der Waals surface area contributed by atoms with E-state index in [2.05, 4.69) is 5.32 Å². The van der Waals surface area contributed by atoms with E-state index in [0.717, 1.165) is 5.56 Å². The fourth-order valence-corrected chi connectivity index (χ4v) is 1.84. The molecule has 0 atom stereocenters. The van der Waals surface area contributed by atoms with E-state index < -0.39 is 0 Å². The molecule has 0 aliphatic rings. The molecule has 0 saturated carbocycles. The van der Waals surface area contributed by atoms with Gasteiger partial charge in [0.05, 0.1) is 6.42 Å². The lowest BCUT2D eigenvalue weighted by Gasteiger charge is -2.05. The number of carbonyl (C=O) groups excluding carboxylic acids is 1. The Bertz CT molecular complexity index is 349. The molecule has 88 valence electrons. The molecule has 1 rings (SSSR count). The largest absolute Gasteiger partial charge is 0.396 e. The summed E-state index contributed by atoms with van der Waals surface area (Å²) in [5.41, 5.74) is 0.777. The normalized spacial score (nSPS) is 10.2. The quantitative estimate of drug-likeness (QED) is 0.798. The summed E-state index contributed by atoms with van der Waals surface area (Å²) in [5.74, 6) is -0.105. The average molecular weight is 262 g/mol. The second kappa shape index (κ2) is 6.74. The van der Waals surface area contributed by atoms with Crippen LogP contribution >= 0.6 is 23.2 Å². The molecule has 1 aromatic carbocycles. The van der Waals surface area contributed by atoms with Gasteiger partial charge in [0.15, 0.2) is 0 Å². The number of aliphatic hydroxyl groups excluding tert-OH is 1. The standard InChI is InChI=1S/C11H13Cl2NO2/c12-9-4-8(5-10(13)7-9)6-11(16)14-2-1-3-15/h4-5,7,15H,1-3,6H2,(H,14,16). The van der Waals surface area contributed by atoms with Crippen LogP contribution in [-0.4, -0.2) is 24.2 Å². The Kier molecular flexibility index (Phi) is 5.60. The molecule has 0 aliphatic carbocycles. The smallest absolute Gasteiger partial charge is 0.224 e. The van der Waals surface area contributed by atoms with Crippen molar-refractivity contribution in [3.8, 4) is 0 Å². The molecule has 1 amide bonds. The van der Waals surface area contributed by atoms with Gasteiger partial charge in [-0.05, 0) is 30.2 Å². The van der Waals surface area contributed by atoms with E-state index in [0.29, 0.717) is 23.0 Å². The number of aliphatic hydroxyl groups is 1. The van der Waals surface area contributed by atoms with Gasteiger partial charge in [-0.1, -0.05) is 23.2 Å². The Morgan fingerprint density at radius 2 is 1.88 bits per heavy atom. The zero-order valence-corrected chi connectivity index (χ0v) is 10.2. The average Bonchev–Trinajstić information content (AvgIpc) is 2.16. The molecular formula is C11H13Cl2NO2. The number of hydrogen-bond acceptors (Lipinski definition) is 2. The van der Waals surface area contributed by atoms with Crippen molar-refractivity contribution in [2.24, 2.45) is 0 Å². The van der Waals surface area contributed by atoms with Crippen molar-refractivity contribution in [2.45, 2.75) is 12.8 Å². The third-order valence-electron chi connectivity index (χ3n) is 1.94. The Hall–Kier alpha value is -0.770. The molecule has 0 unspecified atom stereocenters. The van der Waals surface area contributed by atoms with E-state index in [1.807, 2.05) is 0 Å². The highest BCUT2D eigenvalue weighted by atomic mass is 35.5. The van der Waals surface area contributed by atoms with Crippen molar-refractivity contribution in [3.63, 3.8) is 0 Å². The van der Waals surface area contributed by atoms with Gasteiger partial charge in [0, 0.05) is 23.2 Å². The Morgan fingerprint density at radius 3 is 2.44 bits per heavy atom. The second-order valence-electron chi connectivity index (χ2n) is 3.38. The first-order valence-corrected chi connectivity index (χ1v) is 5.70. The van der Waals surface area contributed by atoms with Crippen LogP contribution in [0.1, 0.15) is 12.0 Å². The summed E-state index contributed by atoms with van der Waals surface area (Å²) in [4.78, 5) is 11.4. The van der Waals surface area contributed by atoms with Crippen molar-refractivity contribution in [3.05, 3.63) is 33.8 Å². The van der Waals surface area contributed by atoms with E-state index in [1.54, 1.807) is 18.2 Å². The third-order valence-corrected chi connectivity index (χ3v) is 2.38. The summed E-state index contributed by atoms with van der Waals surface area (Å²) in [6.45, 7) is 0.549. The lowest BCUT2D eigenvalue weighted by molar-refractivity contribution is -0.120. The van der Waals surface area contributed by atoms with Crippen LogP contribution in [0.2, 0.25) is 10.0 Å². The highest BCUT2D eigenvalue weighted by Crippen LogP contribution is 2.19. The first-order chi connectivity index (χ1) is 7.61. The lowest BCUT2D eigenvalue weighted by Crippen LogP contribution is -2.26. The number of benzene rings is 1. The summed E-state index contributed by atoms with van der Waals surface area (Å²) in [7, 11) is 0. The fourth-order valence-electron chi connectivity index (χ4n) is 1.27. The molecule has 0 saturated heterocycles. The van der Waals surface area contributed by atoms with Crippen LogP contribution in [0.25, 0.3) is 0 Å². The molecule has 3 nitrogen and oxygen atoms in total. The summed E-state index contributed by atoms with van der Waals surface area (Å²) in [6.07, 6.45) is 0.799. The van der Waals surface area contributed by atoms with Gasteiger partial charge < -0.3 is 10.4 Å². The van der Waals surface area contributed by atoms with Crippen LogP contribution in [0.15, 0.2) is 18.2 Å². The van der Waals surface area contributed by atoms with Crippen molar-refractivity contribution >= 4 is 29.1 Å². The number of halogens is 2. The number of nitrogens with one attached hydrogen (secondary N) is 1. The van der Waals surface area contributed by atoms with Gasteiger partial charge in [-0.15, -0.1) is 0 Å². The van der Waals surface area contributed by atoms with Gasteiger partial charge in [0.2, 0.25) is 5.91 Å². The maximum absolute atomic E-state index is 11.4. The Balaban J connectivity index is 2.49. The second-order valence-corrected chi connectivity index (χ2v) is 4.25. The zero-order valence-electron chi connectivity index (χ0n) is 8.67. The van der Waals surface area contributed by atoms with Crippen LogP contribution in [0.4, 0.5) is 0 Å². The van der Waals surface area contributed by atoms with Gasteiger partial charge in [-0.3, -0.25) is 4.79 Å². The maximum atomic E-state index is 11.4. The monoisotopic (exact) mass is 261 g/mol. The lowest BCUT2D eigenvalue weighted by atomic mass is 10.1. The van der Waals surface area contributed by atoms with E-state index in [1.165, 1.54) is 0 Å². The van der Waals surface area contributed by atoms with Crippen LogP contribution in [0.5, 0.6) is 0 Å². The number of carbonyl (C=O) groups is 1. The van der Waals surface area contributed by atoms with Gasteiger partial charge >= 0.3 is 0 Å². The van der Waals surface area contributed by atoms with Crippen LogP contribution in [0.3, 0.4) is 0 Å². The fraction of sp³-hybridized carbons (Fsp3) is 0.364. The molecule has 16 heavy (non-hydrogen) atoms. The van der Waals surface area contributed by atoms with Crippen LogP contribution < -0.4 is 5.32 Å². The molecule has 5 heteroatoms. The highest BCUT2D eigenvalue weighted by Gasteiger charge is 2.04. The molecule has 0 spiro atoms. The van der Waals surface area contributed by atoms with Gasteiger partial charge in [0.25, 0.3) is 0 Å². The number of rotatable bonds is 5. The predicted molar refractivity (Wildman–Crippen MR) is 64.9 cm³/mol. The Morgan fingerprint density at radius 1 is 1.25 bits per heavy atom. The highest BCUT2D eigenvalue weighted by molar-refractivity contribution is 6.34. The van der Waals surface area contributed by atoms with Crippen molar-refractivity contribution in [1.29, 1.82) is 0 Å². The molecular weight excluding hydrogens is 249 g/mol. The topological polar surface area (TPSA) is 49.3 Å².